The van der Waals surface area contributed by atoms with Gasteiger partial charge in [0, 0.05) is 25.7 Å². The molecule has 0 aromatic rings. The van der Waals surface area contributed by atoms with Gasteiger partial charge in [0.2, 0.25) is 0 Å². The fraction of sp³-hybridized carbons (Fsp3) is 0.951. The number of hydrogen-bond donors (Lipinski definition) is 3. The molecule has 0 aromatic heterocycles. The van der Waals surface area contributed by atoms with Crippen LogP contribution >= 0.6 is 15.6 Å². The molecule has 0 aromatic carbocycles. The van der Waals surface area contributed by atoms with Crippen LogP contribution in [0.2, 0.25) is 0 Å². The van der Waals surface area contributed by atoms with Crippen LogP contribution in [0.15, 0.2) is 0 Å². The molecule has 0 radical (unpaired) electrons. The highest BCUT2D eigenvalue weighted by atomic mass is 31.2. The molecule has 0 spiro atoms. The summed E-state index contributed by atoms with van der Waals surface area (Å²) in [5.41, 5.74) is 0. The number of phosphoric acid groups is 2. The summed E-state index contributed by atoms with van der Waals surface area (Å²) in [5.74, 6) is 0.972. The molecule has 0 fully saturated rings. The van der Waals surface area contributed by atoms with Crippen molar-refractivity contribution in [3.63, 3.8) is 0 Å². The van der Waals surface area contributed by atoms with Crippen molar-refractivity contribution in [1.29, 1.82) is 0 Å². The van der Waals surface area contributed by atoms with Crippen LogP contribution in [0, 0.1) is 23.7 Å². The third kappa shape index (κ3) is 74.3. The van der Waals surface area contributed by atoms with Gasteiger partial charge in [0.1, 0.15) is 19.3 Å². The number of esters is 4. The van der Waals surface area contributed by atoms with Crippen molar-refractivity contribution >= 4 is 39.5 Å². The fourth-order valence-corrected chi connectivity index (χ4v) is 14.0. The van der Waals surface area contributed by atoms with Crippen LogP contribution in [0.3, 0.4) is 0 Å². The van der Waals surface area contributed by atoms with Crippen LogP contribution in [0.5, 0.6) is 0 Å². The number of hydrogen-bond acceptors (Lipinski definition) is 15. The standard InChI is InChI=1S/C81H158O17P2/c1-71(2)57-49-41-33-26-20-14-9-11-17-23-29-37-45-53-61-78(83)91-67-76(97-80(85)63-55-47-38-30-24-18-12-10-15-21-27-34-42-50-58-72(3)4)69-95-99(87,88)93-65-75(82)66-94-100(89,90)96-70-77(68-92-79(84)62-54-46-40-32-36-44-52-60-74(7)8)98-81(86)64-56-48-39-31-25-19-13-16-22-28-35-43-51-59-73(5)6/h71-77,82H,9-70H2,1-8H3,(H,87,88)(H,89,90)/t75?,76-,77-/m1/s1. The average molecular weight is 1470 g/mol. The van der Waals surface area contributed by atoms with Crippen LogP contribution in [0.1, 0.15) is 415 Å². The van der Waals surface area contributed by atoms with E-state index in [2.05, 4.69) is 55.4 Å². The first kappa shape index (κ1) is 98.1. The Hall–Kier alpha value is -1.94. The predicted molar refractivity (Wildman–Crippen MR) is 409 cm³/mol. The van der Waals surface area contributed by atoms with Crippen molar-refractivity contribution in [3.05, 3.63) is 0 Å². The van der Waals surface area contributed by atoms with Gasteiger partial charge in [0.15, 0.2) is 12.2 Å². The minimum atomic E-state index is -4.96. The second-order valence-corrected chi connectivity index (χ2v) is 34.0. The Morgan fingerprint density at radius 3 is 0.620 bits per heavy atom. The number of aliphatic hydroxyl groups excluding tert-OH is 1. The number of unbranched alkanes of at least 4 members (excludes halogenated alkanes) is 44. The van der Waals surface area contributed by atoms with E-state index in [-0.39, 0.29) is 25.7 Å². The van der Waals surface area contributed by atoms with Gasteiger partial charge in [-0.25, -0.2) is 9.13 Å². The van der Waals surface area contributed by atoms with Crippen molar-refractivity contribution in [2.24, 2.45) is 23.7 Å². The lowest BCUT2D eigenvalue weighted by molar-refractivity contribution is -0.161. The van der Waals surface area contributed by atoms with E-state index in [0.29, 0.717) is 31.6 Å². The quantitative estimate of drug-likeness (QED) is 0.0222. The van der Waals surface area contributed by atoms with Gasteiger partial charge in [-0.15, -0.1) is 0 Å². The Labute approximate surface area is 613 Å². The molecule has 0 saturated heterocycles. The van der Waals surface area contributed by atoms with Crippen LogP contribution in [-0.2, 0) is 65.4 Å². The Morgan fingerprint density at radius 2 is 0.420 bits per heavy atom. The molecule has 0 bridgehead atoms. The molecule has 19 heteroatoms. The average Bonchev–Trinajstić information content (AvgIpc) is 0.945. The number of phosphoric ester groups is 2. The van der Waals surface area contributed by atoms with Crippen molar-refractivity contribution < 1.29 is 80.2 Å². The van der Waals surface area contributed by atoms with Gasteiger partial charge in [-0.05, 0) is 49.4 Å². The Balaban J connectivity index is 5.25. The molecule has 0 rings (SSSR count). The zero-order valence-corrected chi connectivity index (χ0v) is 67.6. The number of carbonyl (C=O) groups excluding carboxylic acids is 4. The van der Waals surface area contributed by atoms with E-state index in [1.54, 1.807) is 0 Å². The molecule has 0 aliphatic rings. The molecule has 0 amide bonds. The molecule has 100 heavy (non-hydrogen) atoms. The van der Waals surface area contributed by atoms with E-state index in [4.69, 9.17) is 37.0 Å². The highest BCUT2D eigenvalue weighted by Gasteiger charge is 2.30. The number of aliphatic hydroxyl groups is 1. The molecule has 0 aliphatic carbocycles. The van der Waals surface area contributed by atoms with Crippen molar-refractivity contribution in [2.75, 3.05) is 39.6 Å². The van der Waals surface area contributed by atoms with E-state index >= 15 is 0 Å². The normalized spacial score (nSPS) is 14.0. The lowest BCUT2D eigenvalue weighted by Gasteiger charge is -2.21. The molecule has 0 saturated carbocycles. The maximum Gasteiger partial charge on any atom is 0.472 e. The topological polar surface area (TPSA) is 237 Å². The largest absolute Gasteiger partial charge is 0.472 e. The minimum absolute atomic E-state index is 0.106. The lowest BCUT2D eigenvalue weighted by atomic mass is 10.0. The Bertz CT molecular complexity index is 1950. The van der Waals surface area contributed by atoms with Gasteiger partial charge in [-0.3, -0.25) is 37.3 Å². The summed E-state index contributed by atoms with van der Waals surface area (Å²) < 4.78 is 68.7. The van der Waals surface area contributed by atoms with E-state index < -0.39 is 97.5 Å². The molecule has 17 nitrogen and oxygen atoms in total. The number of ether oxygens (including phenoxy) is 4. The lowest BCUT2D eigenvalue weighted by Crippen LogP contribution is -2.30. The predicted octanol–water partition coefficient (Wildman–Crippen LogP) is 24.0. The van der Waals surface area contributed by atoms with E-state index in [1.807, 2.05) is 0 Å². The van der Waals surface area contributed by atoms with Crippen LogP contribution in [0.4, 0.5) is 0 Å². The maximum atomic E-state index is 13.1. The van der Waals surface area contributed by atoms with Crippen LogP contribution < -0.4 is 0 Å². The molecule has 5 atom stereocenters. The smallest absolute Gasteiger partial charge is 0.462 e. The molecule has 3 unspecified atom stereocenters. The summed E-state index contributed by atoms with van der Waals surface area (Å²) in [4.78, 5) is 73.0. The van der Waals surface area contributed by atoms with Gasteiger partial charge in [0.05, 0.1) is 26.4 Å². The van der Waals surface area contributed by atoms with Crippen molar-refractivity contribution in [2.45, 2.75) is 433 Å². The van der Waals surface area contributed by atoms with Gasteiger partial charge in [-0.2, -0.15) is 0 Å². The van der Waals surface area contributed by atoms with E-state index in [1.165, 1.54) is 212 Å². The highest BCUT2D eigenvalue weighted by molar-refractivity contribution is 7.47. The van der Waals surface area contributed by atoms with Gasteiger partial charge >= 0.3 is 39.5 Å². The monoisotopic (exact) mass is 1470 g/mol. The summed E-state index contributed by atoms with van der Waals surface area (Å²) in [6.07, 6.45) is 56.9. The van der Waals surface area contributed by atoms with Crippen molar-refractivity contribution in [1.82, 2.24) is 0 Å². The SMILES string of the molecule is CC(C)CCCCCCCCCCCCCCCCC(=O)OC[C@H](COP(=O)(O)OCC(O)COP(=O)(O)OC[C@@H](COC(=O)CCCCCCCCCC(C)C)OC(=O)CCCCCCCCCCCCCCCC(C)C)OC(=O)CCCCCCCCCCCCCCCCC(C)C. The maximum absolute atomic E-state index is 13.1. The molecule has 3 N–H and O–H groups in total. The Kier molecular flexibility index (Phi) is 68.7. The summed E-state index contributed by atoms with van der Waals surface area (Å²) in [6.45, 7) is 14.3. The molecule has 0 aliphatic heterocycles. The number of rotatable bonds is 78. The summed E-state index contributed by atoms with van der Waals surface area (Å²) in [5, 5.41) is 10.6. The number of carbonyl (C=O) groups is 4. The van der Waals surface area contributed by atoms with Crippen LogP contribution in [-0.4, -0.2) is 96.7 Å². The first-order chi connectivity index (χ1) is 48.1. The van der Waals surface area contributed by atoms with Gasteiger partial charge in [-0.1, -0.05) is 364 Å². The zero-order chi connectivity index (χ0) is 73.8. The molecule has 0 heterocycles. The van der Waals surface area contributed by atoms with E-state index in [0.717, 1.165) is 114 Å². The highest BCUT2D eigenvalue weighted by Crippen LogP contribution is 2.45. The molecular weight excluding hydrogens is 1310 g/mol. The second-order valence-electron chi connectivity index (χ2n) is 31.1. The molecule has 594 valence electrons. The molecular formula is C81H158O17P2. The first-order valence-corrected chi connectivity index (χ1v) is 44.7. The van der Waals surface area contributed by atoms with E-state index in [9.17, 15) is 43.2 Å². The van der Waals surface area contributed by atoms with Gasteiger partial charge < -0.3 is 33.8 Å². The summed E-state index contributed by atoms with van der Waals surface area (Å²) >= 11 is 0. The zero-order valence-electron chi connectivity index (χ0n) is 65.8. The minimum Gasteiger partial charge on any atom is -0.462 e. The Morgan fingerprint density at radius 1 is 0.250 bits per heavy atom. The van der Waals surface area contributed by atoms with Crippen molar-refractivity contribution in [3.8, 4) is 0 Å². The second kappa shape index (κ2) is 70.1. The third-order valence-corrected chi connectivity index (χ3v) is 20.7. The fourth-order valence-electron chi connectivity index (χ4n) is 12.4. The van der Waals surface area contributed by atoms with Crippen LogP contribution in [0.25, 0.3) is 0 Å². The van der Waals surface area contributed by atoms with Gasteiger partial charge in [0.25, 0.3) is 0 Å². The summed E-state index contributed by atoms with van der Waals surface area (Å²) in [7, 11) is -9.92. The first-order valence-electron chi connectivity index (χ1n) is 41.7. The third-order valence-electron chi connectivity index (χ3n) is 18.8. The summed E-state index contributed by atoms with van der Waals surface area (Å²) in [6, 6.07) is 0.